The van der Waals surface area contributed by atoms with Gasteiger partial charge in [0.25, 0.3) is 5.56 Å². The smallest absolute Gasteiger partial charge is 0.330 e. The molecule has 1 fully saturated rings. The Morgan fingerprint density at radius 1 is 1.00 bits per heavy atom. The second kappa shape index (κ2) is 12.6. The van der Waals surface area contributed by atoms with E-state index in [4.69, 9.17) is 25.8 Å². The van der Waals surface area contributed by atoms with E-state index in [-0.39, 0.29) is 11.9 Å². The molecule has 1 unspecified atom stereocenters. The zero-order valence-corrected chi connectivity index (χ0v) is 25.1. The van der Waals surface area contributed by atoms with Crippen molar-refractivity contribution >= 4 is 28.9 Å². The molecule has 4 atom stereocenters. The fraction of sp³-hybridized carbons (Fsp3) is 0.267. The molecule has 41 heavy (non-hydrogen) atoms. The van der Waals surface area contributed by atoms with Crippen molar-refractivity contribution in [2.75, 3.05) is 13.7 Å². The van der Waals surface area contributed by atoms with Gasteiger partial charge in [0.1, 0.15) is 11.8 Å². The van der Waals surface area contributed by atoms with Gasteiger partial charge in [-0.2, -0.15) is 0 Å². The maximum atomic E-state index is 12.7. The van der Waals surface area contributed by atoms with Crippen LogP contribution in [0, 0.1) is 6.92 Å². The largest absolute Gasteiger partial charge is 0.358 e. The van der Waals surface area contributed by atoms with Gasteiger partial charge in [0.15, 0.2) is 0 Å². The third-order valence-corrected chi connectivity index (χ3v) is 11.9. The Morgan fingerprint density at radius 2 is 1.51 bits per heavy atom. The predicted octanol–water partition coefficient (Wildman–Crippen LogP) is 5.11. The number of nitrogens with one attached hydrogen (secondary N) is 1. The highest BCUT2D eigenvalue weighted by Crippen LogP contribution is 2.60. The molecule has 0 saturated carbocycles. The Kier molecular flexibility index (Phi) is 9.11. The fourth-order valence-corrected chi connectivity index (χ4v) is 9.02. The zero-order chi connectivity index (χ0) is 29.0. The molecule has 0 radical (unpaired) electrons. The lowest BCUT2D eigenvalue weighted by Crippen LogP contribution is -2.37. The van der Waals surface area contributed by atoms with Crippen molar-refractivity contribution in [1.82, 2.24) is 9.55 Å². The first-order chi connectivity index (χ1) is 19.7. The first-order valence-electron chi connectivity index (χ1n) is 13.1. The maximum absolute atomic E-state index is 12.7. The van der Waals surface area contributed by atoms with Crippen LogP contribution in [0.25, 0.3) is 0 Å². The van der Waals surface area contributed by atoms with E-state index >= 15 is 0 Å². The Labute approximate surface area is 247 Å². The quantitative estimate of drug-likeness (QED) is 0.189. The number of nitrogens with zero attached hydrogens (tertiary/aromatic N) is 1. The van der Waals surface area contributed by atoms with Gasteiger partial charge in [0, 0.05) is 30.5 Å². The molecular formula is C30H31N2O6PS2. The molecule has 1 aliphatic rings. The van der Waals surface area contributed by atoms with E-state index in [9.17, 15) is 14.5 Å². The molecular weight excluding hydrogens is 579 g/mol. The lowest BCUT2D eigenvalue weighted by molar-refractivity contribution is -0.0765. The summed E-state index contributed by atoms with van der Waals surface area (Å²) in [4.78, 5) is 37.7. The van der Waals surface area contributed by atoms with Gasteiger partial charge in [0.05, 0.1) is 12.7 Å². The molecule has 1 aromatic heterocycles. The van der Waals surface area contributed by atoms with Crippen LogP contribution < -0.4 is 11.2 Å². The molecule has 214 valence electrons. The van der Waals surface area contributed by atoms with E-state index in [2.05, 4.69) is 4.98 Å². The topological polar surface area (TPSA) is 103 Å². The number of H-pyrrole nitrogens is 1. The van der Waals surface area contributed by atoms with Crippen molar-refractivity contribution < 1.29 is 18.9 Å². The number of hydrogen-bond acceptors (Lipinski definition) is 7. The Bertz CT molecular complexity index is 1540. The number of aromatic amines is 1. The normalized spacial score (nSPS) is 20.5. The van der Waals surface area contributed by atoms with Crippen LogP contribution in [0.15, 0.2) is 107 Å². The van der Waals surface area contributed by atoms with Crippen molar-refractivity contribution in [2.45, 2.75) is 36.5 Å². The van der Waals surface area contributed by atoms with Crippen LogP contribution in [-0.2, 0) is 31.4 Å². The summed E-state index contributed by atoms with van der Waals surface area (Å²) in [6.45, 7) is 1.74. The summed E-state index contributed by atoms with van der Waals surface area (Å²) in [6.07, 6.45) is 0.575. The molecule has 0 bridgehead atoms. The number of ether oxygens (including phenoxy) is 2. The minimum Gasteiger partial charge on any atom is -0.358 e. The molecule has 11 heteroatoms. The number of benzene rings is 3. The van der Waals surface area contributed by atoms with Gasteiger partial charge in [-0.15, -0.1) is 0 Å². The predicted molar refractivity (Wildman–Crippen MR) is 165 cm³/mol. The van der Waals surface area contributed by atoms with E-state index in [0.717, 1.165) is 28.1 Å². The molecule has 1 aliphatic heterocycles. The number of hydrogen-bond donors (Lipinski definition) is 2. The first-order valence-corrected chi connectivity index (χ1v) is 17.2. The van der Waals surface area contributed by atoms with Gasteiger partial charge < -0.3 is 18.9 Å². The molecule has 1 saturated heterocycles. The fourth-order valence-electron chi connectivity index (χ4n) is 5.12. The van der Waals surface area contributed by atoms with Crippen molar-refractivity contribution in [3.63, 3.8) is 0 Å². The van der Waals surface area contributed by atoms with Gasteiger partial charge in [0.2, 0.25) is 5.69 Å². The molecule has 2 N–H and O–H groups in total. The standard InChI is InChI=1S/C30H31N2O6PS2/c1-21-19-32(29(34)31-28(21)33)27-18-26(41-39(35,40)36-2)25(38-27)20-37-30(22-12-6-3-7-13-22,23-14-8-4-9-15-23)24-16-10-5-11-17-24/h3-17,19,25-27H,18,20H2,1-2H3,(H,35,40)(H,31,33,34)/t25-,26+,27-,39?/m1/s1. The summed E-state index contributed by atoms with van der Waals surface area (Å²) in [7, 11) is 1.38. The van der Waals surface area contributed by atoms with Crippen LogP contribution in [0.5, 0.6) is 0 Å². The molecule has 8 nitrogen and oxygen atoms in total. The Hall–Kier alpha value is -2.82. The zero-order valence-electron chi connectivity index (χ0n) is 22.6. The van der Waals surface area contributed by atoms with Crippen LogP contribution >= 0.6 is 17.1 Å². The van der Waals surface area contributed by atoms with E-state index < -0.39 is 34.9 Å². The monoisotopic (exact) mass is 610 g/mol. The van der Waals surface area contributed by atoms with Crippen LogP contribution in [-0.4, -0.2) is 39.5 Å². The Balaban J connectivity index is 1.56. The maximum Gasteiger partial charge on any atom is 0.330 e. The summed E-state index contributed by atoms with van der Waals surface area (Å²) < 4.78 is 20.0. The lowest BCUT2D eigenvalue weighted by atomic mass is 9.80. The van der Waals surface area contributed by atoms with Gasteiger partial charge in [-0.1, -0.05) is 102 Å². The lowest BCUT2D eigenvalue weighted by Gasteiger charge is -2.37. The molecule has 0 amide bonds. The number of rotatable bonds is 10. The van der Waals surface area contributed by atoms with Gasteiger partial charge in [-0.05, 0) is 35.4 Å². The Morgan fingerprint density at radius 3 is 2.00 bits per heavy atom. The van der Waals surface area contributed by atoms with Crippen molar-refractivity contribution in [1.29, 1.82) is 0 Å². The van der Waals surface area contributed by atoms with Crippen molar-refractivity contribution in [2.24, 2.45) is 0 Å². The highest BCUT2D eigenvalue weighted by molar-refractivity contribution is 8.67. The SMILES string of the molecule is COP(O)(=S)S[C@H]1C[C@H](n2cc(C)c(=O)[nH]c2=O)O[C@@H]1COC(c1ccccc1)(c1ccccc1)c1ccccc1. The summed E-state index contributed by atoms with van der Waals surface area (Å²) in [5.41, 5.74) is -1.97. The molecule has 0 spiro atoms. The van der Waals surface area contributed by atoms with Crippen LogP contribution in [0.2, 0.25) is 0 Å². The van der Waals surface area contributed by atoms with Gasteiger partial charge in [-0.25, -0.2) is 4.79 Å². The molecule has 4 aromatic rings. The second-order valence-electron chi connectivity index (χ2n) is 9.73. The summed E-state index contributed by atoms with van der Waals surface area (Å²) in [5, 5.41) is -0.352. The third kappa shape index (κ3) is 6.34. The van der Waals surface area contributed by atoms with E-state index in [1.165, 1.54) is 17.9 Å². The molecule has 0 aliphatic carbocycles. The highest BCUT2D eigenvalue weighted by atomic mass is 32.9. The molecule has 3 aromatic carbocycles. The first kappa shape index (κ1) is 29.7. The van der Waals surface area contributed by atoms with E-state index in [0.29, 0.717) is 12.0 Å². The summed E-state index contributed by atoms with van der Waals surface area (Å²) >= 11 is 6.47. The van der Waals surface area contributed by atoms with Crippen LogP contribution in [0.3, 0.4) is 0 Å². The van der Waals surface area contributed by atoms with Gasteiger partial charge >= 0.3 is 5.69 Å². The van der Waals surface area contributed by atoms with Crippen LogP contribution in [0.4, 0.5) is 0 Å². The van der Waals surface area contributed by atoms with Crippen molar-refractivity contribution in [3.8, 4) is 0 Å². The van der Waals surface area contributed by atoms with Crippen LogP contribution in [0.1, 0.15) is 34.9 Å². The van der Waals surface area contributed by atoms with Crippen molar-refractivity contribution in [3.05, 3.63) is 140 Å². The number of aryl methyl sites for hydroxylation is 1. The average Bonchev–Trinajstić information content (AvgIpc) is 3.38. The second-order valence-corrected chi connectivity index (χ2v) is 16.1. The van der Waals surface area contributed by atoms with Gasteiger partial charge in [-0.3, -0.25) is 14.3 Å². The molecule has 5 rings (SSSR count). The molecule has 2 heterocycles. The highest BCUT2D eigenvalue weighted by Gasteiger charge is 2.44. The minimum atomic E-state index is -3.18. The minimum absolute atomic E-state index is 0.114. The summed E-state index contributed by atoms with van der Waals surface area (Å²) in [5.74, 6) is 0. The average molecular weight is 611 g/mol. The number of aromatic nitrogens is 2. The third-order valence-electron chi connectivity index (χ3n) is 7.14. The van der Waals surface area contributed by atoms with E-state index in [1.54, 1.807) is 6.92 Å². The summed E-state index contributed by atoms with van der Waals surface area (Å²) in [6, 6.07) is 30.0. The van der Waals surface area contributed by atoms with E-state index in [1.807, 2.05) is 91.0 Å².